The van der Waals surface area contributed by atoms with Crippen LogP contribution >= 0.6 is 0 Å². The number of anilines is 1. The molecule has 1 unspecified atom stereocenters. The Morgan fingerprint density at radius 3 is 2.74 bits per heavy atom. The highest BCUT2D eigenvalue weighted by Crippen LogP contribution is 2.20. The van der Waals surface area contributed by atoms with Gasteiger partial charge in [0.25, 0.3) is 0 Å². The number of nitrogens with zero attached hydrogens (tertiary/aromatic N) is 1. The lowest BCUT2D eigenvalue weighted by Crippen LogP contribution is -2.32. The summed E-state index contributed by atoms with van der Waals surface area (Å²) in [6.45, 7) is 4.74. The number of carbonyl (C=O) groups is 1. The van der Waals surface area contributed by atoms with Crippen molar-refractivity contribution in [1.29, 1.82) is 0 Å². The number of likely N-dealkylation sites (N-methyl/N-ethyl adjacent to an activating group) is 1. The van der Waals surface area contributed by atoms with Crippen LogP contribution in [0.25, 0.3) is 10.9 Å². The Hall–Kier alpha value is -2.66. The topological polar surface area (TPSA) is 69.8 Å². The number of aromatic nitrogens is 2. The van der Waals surface area contributed by atoms with Crippen molar-refractivity contribution in [2.24, 2.45) is 0 Å². The monoisotopic (exact) mass is 308 g/mol. The fraction of sp³-hybridized carbons (Fsp3) is 0.222. The van der Waals surface area contributed by atoms with Crippen molar-refractivity contribution >= 4 is 22.5 Å². The van der Waals surface area contributed by atoms with Gasteiger partial charge in [-0.05, 0) is 37.2 Å². The highest BCUT2D eigenvalue weighted by Gasteiger charge is 2.19. The van der Waals surface area contributed by atoms with Crippen LogP contribution in [0.5, 0.6) is 0 Å². The minimum atomic E-state index is -0.374. The predicted octanol–water partition coefficient (Wildman–Crippen LogP) is 3.16. The molecule has 3 rings (SSSR count). The van der Waals surface area contributed by atoms with Gasteiger partial charge in [-0.15, -0.1) is 0 Å². The van der Waals surface area contributed by atoms with Gasteiger partial charge in [0, 0.05) is 11.1 Å². The number of hydrogen-bond acceptors (Lipinski definition) is 3. The van der Waals surface area contributed by atoms with Crippen LogP contribution in [-0.2, 0) is 4.79 Å². The molecule has 5 heteroatoms. The zero-order chi connectivity index (χ0) is 16.2. The van der Waals surface area contributed by atoms with Gasteiger partial charge in [-0.3, -0.25) is 9.89 Å². The van der Waals surface area contributed by atoms with Gasteiger partial charge in [-0.2, -0.15) is 5.10 Å². The lowest BCUT2D eigenvalue weighted by Gasteiger charge is -2.18. The summed E-state index contributed by atoms with van der Waals surface area (Å²) < 4.78 is 0. The average molecular weight is 308 g/mol. The lowest BCUT2D eigenvalue weighted by molar-refractivity contribution is -0.118. The van der Waals surface area contributed by atoms with E-state index in [9.17, 15) is 4.79 Å². The second kappa shape index (κ2) is 6.62. The number of benzene rings is 2. The summed E-state index contributed by atoms with van der Waals surface area (Å²) in [6.07, 6.45) is 1.74. The van der Waals surface area contributed by atoms with E-state index in [2.05, 4.69) is 20.8 Å². The number of amides is 1. The first-order valence-corrected chi connectivity index (χ1v) is 7.71. The predicted molar refractivity (Wildman–Crippen MR) is 92.3 cm³/mol. The van der Waals surface area contributed by atoms with Crippen LogP contribution in [-0.4, -0.2) is 22.6 Å². The second-order valence-electron chi connectivity index (χ2n) is 5.56. The maximum atomic E-state index is 12.7. The molecule has 0 bridgehead atoms. The number of fused-ring (bicyclic) bond motifs is 1. The summed E-state index contributed by atoms with van der Waals surface area (Å²) in [6, 6.07) is 13.3. The Balaban J connectivity index is 1.81. The Morgan fingerprint density at radius 1 is 1.22 bits per heavy atom. The van der Waals surface area contributed by atoms with Crippen molar-refractivity contribution in [3.8, 4) is 0 Å². The fourth-order valence-corrected chi connectivity index (χ4v) is 2.56. The largest absolute Gasteiger partial charge is 0.324 e. The summed E-state index contributed by atoms with van der Waals surface area (Å²) >= 11 is 0. The molecule has 2 aromatic carbocycles. The Labute approximate surface area is 135 Å². The van der Waals surface area contributed by atoms with Gasteiger partial charge in [-0.1, -0.05) is 36.8 Å². The quantitative estimate of drug-likeness (QED) is 0.678. The molecule has 0 radical (unpaired) electrons. The highest BCUT2D eigenvalue weighted by atomic mass is 16.2. The van der Waals surface area contributed by atoms with Gasteiger partial charge >= 0.3 is 0 Å². The van der Waals surface area contributed by atoms with Gasteiger partial charge in [0.15, 0.2) is 0 Å². The van der Waals surface area contributed by atoms with Gasteiger partial charge < -0.3 is 10.6 Å². The van der Waals surface area contributed by atoms with Crippen molar-refractivity contribution < 1.29 is 4.79 Å². The Morgan fingerprint density at radius 2 is 2.00 bits per heavy atom. The van der Waals surface area contributed by atoms with E-state index in [0.717, 1.165) is 22.2 Å². The molecule has 0 fully saturated rings. The van der Waals surface area contributed by atoms with Crippen molar-refractivity contribution in [2.45, 2.75) is 19.9 Å². The molecule has 0 saturated carbocycles. The SMILES string of the molecule is CCNC(C(=O)Nc1ccc2[nH]ncc2c1)c1ccc(C)cc1. The zero-order valence-corrected chi connectivity index (χ0v) is 13.3. The summed E-state index contributed by atoms with van der Waals surface area (Å²) in [5.41, 5.74) is 3.85. The van der Waals surface area contributed by atoms with Crippen LogP contribution in [0.2, 0.25) is 0 Å². The second-order valence-corrected chi connectivity index (χ2v) is 5.56. The molecular weight excluding hydrogens is 288 g/mol. The molecule has 23 heavy (non-hydrogen) atoms. The Kier molecular flexibility index (Phi) is 4.39. The number of rotatable bonds is 5. The van der Waals surface area contributed by atoms with E-state index in [-0.39, 0.29) is 11.9 Å². The molecule has 0 aliphatic carbocycles. The zero-order valence-electron chi connectivity index (χ0n) is 13.3. The van der Waals surface area contributed by atoms with Crippen LogP contribution in [0.1, 0.15) is 24.1 Å². The minimum absolute atomic E-state index is 0.0708. The summed E-state index contributed by atoms with van der Waals surface area (Å²) in [4.78, 5) is 12.7. The van der Waals surface area contributed by atoms with Gasteiger partial charge in [0.2, 0.25) is 5.91 Å². The number of H-pyrrole nitrogens is 1. The van der Waals surface area contributed by atoms with Crippen LogP contribution in [0, 0.1) is 6.92 Å². The highest BCUT2D eigenvalue weighted by molar-refractivity contribution is 5.97. The summed E-state index contributed by atoms with van der Waals surface area (Å²) in [7, 11) is 0. The van der Waals surface area contributed by atoms with Gasteiger partial charge in [-0.25, -0.2) is 0 Å². The van der Waals surface area contributed by atoms with E-state index in [4.69, 9.17) is 0 Å². The number of aryl methyl sites for hydroxylation is 1. The molecule has 1 atom stereocenters. The van der Waals surface area contributed by atoms with Crippen molar-refractivity contribution in [1.82, 2.24) is 15.5 Å². The van der Waals surface area contributed by atoms with Gasteiger partial charge in [0.05, 0.1) is 11.7 Å². The van der Waals surface area contributed by atoms with Crippen LogP contribution in [0.3, 0.4) is 0 Å². The normalized spacial score (nSPS) is 12.3. The maximum absolute atomic E-state index is 12.7. The molecular formula is C18H20N4O. The third-order valence-corrected chi connectivity index (χ3v) is 3.79. The van der Waals surface area contributed by atoms with E-state index in [0.29, 0.717) is 6.54 Å². The van der Waals surface area contributed by atoms with Crippen LogP contribution < -0.4 is 10.6 Å². The third kappa shape index (κ3) is 3.40. The minimum Gasteiger partial charge on any atom is -0.324 e. The average Bonchev–Trinajstić information content (AvgIpc) is 3.01. The van der Waals surface area contributed by atoms with E-state index in [1.54, 1.807) is 6.20 Å². The molecule has 0 saturated heterocycles. The lowest BCUT2D eigenvalue weighted by atomic mass is 10.0. The fourth-order valence-electron chi connectivity index (χ4n) is 2.56. The number of carbonyl (C=O) groups excluding carboxylic acids is 1. The molecule has 1 aromatic heterocycles. The van der Waals surface area contributed by atoms with E-state index in [1.165, 1.54) is 5.56 Å². The first-order valence-electron chi connectivity index (χ1n) is 7.71. The van der Waals surface area contributed by atoms with E-state index in [1.807, 2.05) is 56.3 Å². The molecule has 0 aliphatic heterocycles. The molecule has 3 N–H and O–H groups in total. The van der Waals surface area contributed by atoms with Crippen molar-refractivity contribution in [3.63, 3.8) is 0 Å². The smallest absolute Gasteiger partial charge is 0.246 e. The molecule has 118 valence electrons. The third-order valence-electron chi connectivity index (χ3n) is 3.79. The molecule has 0 spiro atoms. The summed E-state index contributed by atoms with van der Waals surface area (Å²) in [5.74, 6) is -0.0708. The molecule has 1 heterocycles. The Bertz CT molecular complexity index is 807. The molecule has 1 amide bonds. The maximum Gasteiger partial charge on any atom is 0.246 e. The first kappa shape index (κ1) is 15.2. The molecule has 3 aromatic rings. The molecule has 0 aliphatic rings. The van der Waals surface area contributed by atoms with E-state index < -0.39 is 0 Å². The van der Waals surface area contributed by atoms with Crippen molar-refractivity contribution in [3.05, 3.63) is 59.8 Å². The molecule has 5 nitrogen and oxygen atoms in total. The van der Waals surface area contributed by atoms with Crippen LogP contribution in [0.4, 0.5) is 5.69 Å². The summed E-state index contributed by atoms with van der Waals surface area (Å²) in [5, 5.41) is 14.1. The van der Waals surface area contributed by atoms with Crippen molar-refractivity contribution in [2.75, 3.05) is 11.9 Å². The van der Waals surface area contributed by atoms with E-state index >= 15 is 0 Å². The number of aromatic amines is 1. The number of hydrogen-bond donors (Lipinski definition) is 3. The standard InChI is InChI=1S/C18H20N4O/c1-3-19-17(13-6-4-12(2)5-7-13)18(23)21-15-8-9-16-14(10-15)11-20-22-16/h4-11,17,19H,3H2,1-2H3,(H,20,22)(H,21,23). The number of nitrogens with one attached hydrogen (secondary N) is 3. The van der Waals surface area contributed by atoms with Gasteiger partial charge in [0.1, 0.15) is 6.04 Å². The van der Waals surface area contributed by atoms with Crippen LogP contribution in [0.15, 0.2) is 48.7 Å². The first-order chi connectivity index (χ1) is 11.2.